The zero-order valence-corrected chi connectivity index (χ0v) is 11.9. The molecule has 0 aromatic carbocycles. The Morgan fingerprint density at radius 3 is 2.68 bits per heavy atom. The van der Waals surface area contributed by atoms with E-state index in [-0.39, 0.29) is 6.17 Å². The zero-order chi connectivity index (χ0) is 13.3. The molecule has 0 saturated heterocycles. The summed E-state index contributed by atoms with van der Waals surface area (Å²) in [6.07, 6.45) is 14.7. The monoisotopic (exact) mass is 262 g/mol. The Kier molecular flexibility index (Phi) is 3.57. The van der Waals surface area contributed by atoms with Gasteiger partial charge >= 0.3 is 0 Å². The van der Waals surface area contributed by atoms with Crippen LogP contribution in [0.2, 0.25) is 0 Å². The van der Waals surface area contributed by atoms with Crippen LogP contribution in [0.3, 0.4) is 0 Å². The third kappa shape index (κ3) is 3.33. The molecule has 0 radical (unpaired) electrons. The summed E-state index contributed by atoms with van der Waals surface area (Å²) >= 11 is 0. The molecule has 0 aromatic heterocycles. The number of aliphatic hydroxyl groups is 1. The second-order valence-electron chi connectivity index (χ2n) is 6.59. The Morgan fingerprint density at radius 1 is 1.26 bits per heavy atom. The van der Waals surface area contributed by atoms with Crippen LogP contribution in [0.4, 0.5) is 0 Å². The predicted molar refractivity (Wildman–Crippen MR) is 77.2 cm³/mol. The minimum absolute atomic E-state index is 0.190. The standard InChI is InChI=1S/C16H26N2O/c1-12-9-13(12)5-3-2-4-6-14-10-16(14,19)11-15-17-7-8-18-15/h7-8,10,12-13,15,17-19H,2-6,9,11H2,1H3/t12?,13-,16?/m1/s1. The van der Waals surface area contributed by atoms with E-state index in [4.69, 9.17) is 0 Å². The number of unbranched alkanes of at least 4 members (excludes halogenated alkanes) is 2. The van der Waals surface area contributed by atoms with Gasteiger partial charge in [0.05, 0.1) is 6.17 Å². The SMILES string of the molecule is CC1C[C@H]1CCCCCC1=CC1(O)CC1NC=CN1. The lowest BCUT2D eigenvalue weighted by Crippen LogP contribution is -2.36. The fourth-order valence-corrected chi connectivity index (χ4v) is 3.24. The lowest BCUT2D eigenvalue weighted by molar-refractivity contribution is 0.142. The Balaban J connectivity index is 1.24. The average Bonchev–Trinajstić information content (AvgIpc) is 3.14. The fraction of sp³-hybridized carbons (Fsp3) is 0.750. The molecule has 106 valence electrons. The highest BCUT2D eigenvalue weighted by molar-refractivity contribution is 5.42. The molecule has 3 nitrogen and oxygen atoms in total. The van der Waals surface area contributed by atoms with E-state index in [1.807, 2.05) is 18.5 Å². The second-order valence-corrected chi connectivity index (χ2v) is 6.59. The van der Waals surface area contributed by atoms with Crippen molar-refractivity contribution in [2.45, 2.75) is 63.6 Å². The summed E-state index contributed by atoms with van der Waals surface area (Å²) < 4.78 is 0. The highest BCUT2D eigenvalue weighted by Crippen LogP contribution is 2.43. The molecule has 0 bridgehead atoms. The van der Waals surface area contributed by atoms with E-state index in [9.17, 15) is 5.11 Å². The topological polar surface area (TPSA) is 44.3 Å². The van der Waals surface area contributed by atoms with Gasteiger partial charge in [-0.3, -0.25) is 0 Å². The lowest BCUT2D eigenvalue weighted by Gasteiger charge is -2.18. The summed E-state index contributed by atoms with van der Waals surface area (Å²) in [4.78, 5) is 0. The van der Waals surface area contributed by atoms with Crippen LogP contribution >= 0.6 is 0 Å². The van der Waals surface area contributed by atoms with Crippen molar-refractivity contribution in [2.24, 2.45) is 11.8 Å². The smallest absolute Gasteiger partial charge is 0.108 e. The minimum Gasteiger partial charge on any atom is -0.381 e. The van der Waals surface area contributed by atoms with Crippen molar-refractivity contribution < 1.29 is 5.11 Å². The van der Waals surface area contributed by atoms with E-state index in [1.54, 1.807) is 0 Å². The van der Waals surface area contributed by atoms with Gasteiger partial charge in [-0.2, -0.15) is 0 Å². The Hall–Kier alpha value is -0.960. The van der Waals surface area contributed by atoms with Crippen molar-refractivity contribution in [3.8, 4) is 0 Å². The highest BCUT2D eigenvalue weighted by atomic mass is 16.3. The van der Waals surface area contributed by atoms with Gasteiger partial charge in [0.15, 0.2) is 0 Å². The van der Waals surface area contributed by atoms with Crippen molar-refractivity contribution in [3.05, 3.63) is 24.0 Å². The normalized spacial score (nSPS) is 35.8. The van der Waals surface area contributed by atoms with Crippen molar-refractivity contribution in [3.63, 3.8) is 0 Å². The molecule has 1 fully saturated rings. The van der Waals surface area contributed by atoms with Crippen LogP contribution in [0, 0.1) is 11.8 Å². The van der Waals surface area contributed by atoms with Gasteiger partial charge in [-0.1, -0.05) is 26.2 Å². The van der Waals surface area contributed by atoms with E-state index < -0.39 is 5.60 Å². The first-order valence-corrected chi connectivity index (χ1v) is 7.79. The van der Waals surface area contributed by atoms with Crippen LogP contribution in [-0.2, 0) is 0 Å². The van der Waals surface area contributed by atoms with Gasteiger partial charge in [-0.25, -0.2) is 0 Å². The summed E-state index contributed by atoms with van der Waals surface area (Å²) in [5, 5.41) is 16.7. The molecule has 3 atom stereocenters. The highest BCUT2D eigenvalue weighted by Gasteiger charge is 2.43. The molecule has 2 aliphatic carbocycles. The van der Waals surface area contributed by atoms with Gasteiger partial charge in [0.25, 0.3) is 0 Å². The maximum atomic E-state index is 10.3. The predicted octanol–water partition coefficient (Wildman–Crippen LogP) is 2.64. The first-order valence-electron chi connectivity index (χ1n) is 7.79. The molecule has 19 heavy (non-hydrogen) atoms. The maximum Gasteiger partial charge on any atom is 0.108 e. The van der Waals surface area contributed by atoms with Crippen molar-refractivity contribution in [1.82, 2.24) is 10.6 Å². The van der Waals surface area contributed by atoms with Crippen LogP contribution in [0.15, 0.2) is 24.0 Å². The van der Waals surface area contributed by atoms with Gasteiger partial charge in [-0.15, -0.1) is 0 Å². The molecular weight excluding hydrogens is 236 g/mol. The molecule has 1 aliphatic heterocycles. The third-order valence-corrected chi connectivity index (χ3v) is 4.88. The summed E-state index contributed by atoms with van der Waals surface area (Å²) in [7, 11) is 0. The first-order chi connectivity index (χ1) is 9.17. The number of nitrogens with one attached hydrogen (secondary N) is 2. The molecule has 0 aromatic rings. The molecule has 0 spiro atoms. The molecule has 3 aliphatic rings. The molecule has 0 amide bonds. The van der Waals surface area contributed by atoms with Gasteiger partial charge in [-0.05, 0) is 42.7 Å². The van der Waals surface area contributed by atoms with Gasteiger partial charge < -0.3 is 15.7 Å². The first kappa shape index (κ1) is 13.0. The van der Waals surface area contributed by atoms with Crippen LogP contribution in [0.25, 0.3) is 0 Å². The van der Waals surface area contributed by atoms with Crippen molar-refractivity contribution in [2.75, 3.05) is 0 Å². The van der Waals surface area contributed by atoms with E-state index in [2.05, 4.69) is 17.6 Å². The van der Waals surface area contributed by atoms with Crippen LogP contribution < -0.4 is 10.6 Å². The molecule has 1 saturated carbocycles. The second kappa shape index (κ2) is 5.20. The van der Waals surface area contributed by atoms with Gasteiger partial charge in [0, 0.05) is 18.8 Å². The molecule has 1 heterocycles. The number of hydrogen-bond acceptors (Lipinski definition) is 3. The minimum atomic E-state index is -0.596. The summed E-state index contributed by atoms with van der Waals surface area (Å²) in [6, 6.07) is 0. The van der Waals surface area contributed by atoms with Crippen LogP contribution in [0.1, 0.15) is 51.9 Å². The Labute approximate surface area is 116 Å². The Morgan fingerprint density at radius 2 is 2.00 bits per heavy atom. The molecule has 2 unspecified atom stereocenters. The Bertz CT molecular complexity index is 382. The average molecular weight is 262 g/mol. The van der Waals surface area contributed by atoms with Gasteiger partial charge in [0.1, 0.15) is 5.60 Å². The van der Waals surface area contributed by atoms with Crippen LogP contribution in [-0.4, -0.2) is 16.9 Å². The lowest BCUT2D eigenvalue weighted by atomic mass is 10.0. The van der Waals surface area contributed by atoms with E-state index >= 15 is 0 Å². The molecule has 3 heteroatoms. The fourth-order valence-electron chi connectivity index (χ4n) is 3.24. The number of rotatable bonds is 8. The maximum absolute atomic E-state index is 10.3. The molecule has 3 N–H and O–H groups in total. The van der Waals surface area contributed by atoms with Crippen molar-refractivity contribution >= 4 is 0 Å². The van der Waals surface area contributed by atoms with E-state index in [0.29, 0.717) is 0 Å². The summed E-state index contributed by atoms with van der Waals surface area (Å²) in [5.41, 5.74) is 0.657. The van der Waals surface area contributed by atoms with Gasteiger partial charge in [0.2, 0.25) is 0 Å². The molecule has 3 rings (SSSR count). The number of hydrogen-bond donors (Lipinski definition) is 3. The van der Waals surface area contributed by atoms with E-state index in [1.165, 1.54) is 37.7 Å². The van der Waals surface area contributed by atoms with Crippen molar-refractivity contribution in [1.29, 1.82) is 0 Å². The largest absolute Gasteiger partial charge is 0.381 e. The molecular formula is C16H26N2O. The zero-order valence-electron chi connectivity index (χ0n) is 11.9. The quantitative estimate of drug-likeness (QED) is 0.465. The third-order valence-electron chi connectivity index (χ3n) is 4.88. The van der Waals surface area contributed by atoms with Crippen LogP contribution in [0.5, 0.6) is 0 Å². The summed E-state index contributed by atoms with van der Waals surface area (Å²) in [6.45, 7) is 2.36. The summed E-state index contributed by atoms with van der Waals surface area (Å²) in [5.74, 6) is 2.03. The van der Waals surface area contributed by atoms with E-state index in [0.717, 1.165) is 24.7 Å².